The summed E-state index contributed by atoms with van der Waals surface area (Å²) in [5.41, 5.74) is 0.873. The predicted octanol–water partition coefficient (Wildman–Crippen LogP) is 2.90. The minimum absolute atomic E-state index is 0.368. The number of ketones is 1. The van der Waals surface area contributed by atoms with E-state index < -0.39 is 30.9 Å². The molecule has 0 N–H and O–H groups in total. The molecule has 1 unspecified atom stereocenters. The van der Waals surface area contributed by atoms with Crippen LogP contribution in [0.4, 0.5) is 13.2 Å². The summed E-state index contributed by atoms with van der Waals surface area (Å²) in [5.74, 6) is 0.108. The fourth-order valence-electron chi connectivity index (χ4n) is 1.79. The van der Waals surface area contributed by atoms with Gasteiger partial charge in [-0.1, -0.05) is 18.2 Å². The topological polar surface area (TPSA) is 26.3 Å². The van der Waals surface area contributed by atoms with E-state index >= 15 is 0 Å². The van der Waals surface area contributed by atoms with Crippen molar-refractivity contribution in [1.29, 1.82) is 0 Å². The van der Waals surface area contributed by atoms with Gasteiger partial charge in [0.25, 0.3) is 0 Å². The summed E-state index contributed by atoms with van der Waals surface area (Å²) in [5, 5.41) is 0. The highest BCUT2D eigenvalue weighted by Gasteiger charge is 2.33. The van der Waals surface area contributed by atoms with Gasteiger partial charge in [-0.25, -0.2) is 0 Å². The molecule has 17 heavy (non-hydrogen) atoms. The van der Waals surface area contributed by atoms with Gasteiger partial charge in [-0.05, 0) is 11.6 Å². The third-order valence-corrected chi connectivity index (χ3v) is 2.66. The first kappa shape index (κ1) is 12.0. The van der Waals surface area contributed by atoms with Crippen molar-refractivity contribution in [2.75, 3.05) is 0 Å². The lowest BCUT2D eigenvalue weighted by Gasteiger charge is -2.10. The summed E-state index contributed by atoms with van der Waals surface area (Å²) >= 11 is 0. The van der Waals surface area contributed by atoms with Crippen LogP contribution in [-0.2, 0) is 11.2 Å². The van der Waals surface area contributed by atoms with Gasteiger partial charge in [0.05, 0.1) is 6.42 Å². The second-order valence-electron chi connectivity index (χ2n) is 4.00. The number of carbonyl (C=O) groups is 1. The molecule has 2 nitrogen and oxygen atoms in total. The zero-order valence-corrected chi connectivity index (χ0v) is 8.96. The highest BCUT2D eigenvalue weighted by Crippen LogP contribution is 2.30. The molecule has 1 aromatic carbocycles. The Bertz CT molecular complexity index is 401. The van der Waals surface area contributed by atoms with Crippen molar-refractivity contribution in [3.8, 4) is 5.75 Å². The number of ether oxygens (including phenoxy) is 1. The Labute approximate surface area is 96.4 Å². The number of para-hydroxylation sites is 1. The van der Waals surface area contributed by atoms with Crippen LogP contribution in [0.15, 0.2) is 24.3 Å². The van der Waals surface area contributed by atoms with Crippen molar-refractivity contribution < 1.29 is 22.7 Å². The normalized spacial score (nSPS) is 18.6. The minimum atomic E-state index is -4.29. The first-order valence-corrected chi connectivity index (χ1v) is 5.30. The standard InChI is InChI=1S/C12H11F3O2/c13-12(14,15)6-5-9(16)11-7-8-3-1-2-4-10(8)17-11/h1-4,11H,5-7H2. The van der Waals surface area contributed by atoms with Crippen molar-refractivity contribution >= 4 is 5.78 Å². The highest BCUT2D eigenvalue weighted by atomic mass is 19.4. The number of hydrogen-bond acceptors (Lipinski definition) is 2. The van der Waals surface area contributed by atoms with E-state index in [9.17, 15) is 18.0 Å². The molecule has 0 amide bonds. The van der Waals surface area contributed by atoms with Gasteiger partial charge in [0, 0.05) is 12.8 Å². The van der Waals surface area contributed by atoms with E-state index in [1.165, 1.54) is 0 Å². The summed E-state index contributed by atoms with van der Waals surface area (Å²) in [7, 11) is 0. The van der Waals surface area contributed by atoms with Gasteiger partial charge in [-0.15, -0.1) is 0 Å². The van der Waals surface area contributed by atoms with Gasteiger partial charge in [0.15, 0.2) is 11.9 Å². The number of fused-ring (bicyclic) bond motifs is 1. The summed E-state index contributed by atoms with van der Waals surface area (Å²) < 4.78 is 41.2. The quantitative estimate of drug-likeness (QED) is 0.817. The molecule has 1 heterocycles. The SMILES string of the molecule is O=C(CCC(F)(F)F)C1Cc2ccccc2O1. The van der Waals surface area contributed by atoms with Crippen molar-refractivity contribution in [3.05, 3.63) is 29.8 Å². The number of Topliss-reactive ketones (excluding diaryl/α,β-unsaturated/α-hetero) is 1. The van der Waals surface area contributed by atoms with Crippen LogP contribution < -0.4 is 4.74 Å². The van der Waals surface area contributed by atoms with Crippen LogP contribution in [0, 0.1) is 0 Å². The Morgan fingerprint density at radius 3 is 2.71 bits per heavy atom. The zero-order valence-electron chi connectivity index (χ0n) is 8.96. The van der Waals surface area contributed by atoms with Gasteiger partial charge in [-0.2, -0.15) is 13.2 Å². The number of halogens is 3. The van der Waals surface area contributed by atoms with E-state index in [-0.39, 0.29) is 0 Å². The van der Waals surface area contributed by atoms with Crippen LogP contribution in [-0.4, -0.2) is 18.1 Å². The van der Waals surface area contributed by atoms with Gasteiger partial charge >= 0.3 is 6.18 Å². The van der Waals surface area contributed by atoms with Crippen molar-refractivity contribution in [1.82, 2.24) is 0 Å². The first-order chi connectivity index (χ1) is 7.96. The number of carbonyl (C=O) groups excluding carboxylic acids is 1. The number of rotatable bonds is 3. The summed E-state index contributed by atoms with van der Waals surface area (Å²) in [6.45, 7) is 0. The van der Waals surface area contributed by atoms with Crippen LogP contribution in [0.2, 0.25) is 0 Å². The molecule has 1 aliphatic rings. The third-order valence-electron chi connectivity index (χ3n) is 2.66. The Morgan fingerprint density at radius 1 is 1.35 bits per heavy atom. The molecule has 0 spiro atoms. The summed E-state index contributed by atoms with van der Waals surface area (Å²) in [6.07, 6.45) is -6.27. The maximum Gasteiger partial charge on any atom is 0.389 e. The number of hydrogen-bond donors (Lipinski definition) is 0. The second-order valence-corrected chi connectivity index (χ2v) is 4.00. The van der Waals surface area contributed by atoms with Crippen LogP contribution >= 0.6 is 0 Å². The summed E-state index contributed by atoms with van der Waals surface area (Å²) in [6, 6.07) is 7.10. The zero-order chi connectivity index (χ0) is 12.5. The summed E-state index contributed by atoms with van der Waals surface area (Å²) in [4.78, 5) is 11.5. The van der Waals surface area contributed by atoms with E-state index in [1.54, 1.807) is 12.1 Å². The molecule has 0 bridgehead atoms. The molecular formula is C12H11F3O2. The molecule has 1 aliphatic heterocycles. The molecule has 2 rings (SSSR count). The Hall–Kier alpha value is -1.52. The first-order valence-electron chi connectivity index (χ1n) is 5.30. The smallest absolute Gasteiger partial charge is 0.389 e. The van der Waals surface area contributed by atoms with Crippen molar-refractivity contribution in [2.45, 2.75) is 31.5 Å². The fraction of sp³-hybridized carbons (Fsp3) is 0.417. The molecule has 1 aromatic rings. The molecule has 0 saturated carbocycles. The number of alkyl halides is 3. The van der Waals surface area contributed by atoms with Crippen molar-refractivity contribution in [2.24, 2.45) is 0 Å². The van der Waals surface area contributed by atoms with Gasteiger partial charge < -0.3 is 4.74 Å². The van der Waals surface area contributed by atoms with Crippen molar-refractivity contribution in [3.63, 3.8) is 0 Å². The second kappa shape index (κ2) is 4.39. The molecular weight excluding hydrogens is 233 g/mol. The van der Waals surface area contributed by atoms with E-state index in [4.69, 9.17) is 4.74 Å². The largest absolute Gasteiger partial charge is 0.482 e. The average molecular weight is 244 g/mol. The van der Waals surface area contributed by atoms with Crippen LogP contribution in [0.1, 0.15) is 18.4 Å². The molecule has 1 atom stereocenters. The molecule has 0 saturated heterocycles. The molecule has 0 radical (unpaired) electrons. The lowest BCUT2D eigenvalue weighted by atomic mass is 10.0. The predicted molar refractivity (Wildman–Crippen MR) is 54.9 cm³/mol. The molecule has 92 valence electrons. The van der Waals surface area contributed by atoms with E-state index in [2.05, 4.69) is 0 Å². The Balaban J connectivity index is 1.92. The maximum atomic E-state index is 12.0. The number of benzene rings is 1. The highest BCUT2D eigenvalue weighted by molar-refractivity contribution is 5.84. The Morgan fingerprint density at radius 2 is 2.06 bits per heavy atom. The molecule has 0 aromatic heterocycles. The van der Waals surface area contributed by atoms with Gasteiger partial charge in [0.1, 0.15) is 5.75 Å². The van der Waals surface area contributed by atoms with E-state index in [0.717, 1.165) is 5.56 Å². The van der Waals surface area contributed by atoms with Crippen LogP contribution in [0.3, 0.4) is 0 Å². The van der Waals surface area contributed by atoms with Gasteiger partial charge in [0.2, 0.25) is 0 Å². The minimum Gasteiger partial charge on any atom is -0.482 e. The molecule has 0 aliphatic carbocycles. The van der Waals surface area contributed by atoms with E-state index in [1.807, 2.05) is 12.1 Å². The molecule has 0 fully saturated rings. The third kappa shape index (κ3) is 2.99. The maximum absolute atomic E-state index is 12.0. The lowest BCUT2D eigenvalue weighted by Crippen LogP contribution is -2.26. The van der Waals surface area contributed by atoms with Gasteiger partial charge in [-0.3, -0.25) is 4.79 Å². The van der Waals surface area contributed by atoms with E-state index in [0.29, 0.717) is 12.2 Å². The van der Waals surface area contributed by atoms with Crippen LogP contribution in [0.5, 0.6) is 5.75 Å². The lowest BCUT2D eigenvalue weighted by molar-refractivity contribution is -0.145. The molecule has 5 heteroatoms. The fourth-order valence-corrected chi connectivity index (χ4v) is 1.79. The van der Waals surface area contributed by atoms with Crippen LogP contribution in [0.25, 0.3) is 0 Å². The Kier molecular flexibility index (Phi) is 3.09. The monoisotopic (exact) mass is 244 g/mol. The average Bonchev–Trinajstić information content (AvgIpc) is 2.68.